The maximum Gasteiger partial charge on any atom is 0.0701 e. The van der Waals surface area contributed by atoms with E-state index >= 15 is 0 Å². The summed E-state index contributed by atoms with van der Waals surface area (Å²) < 4.78 is 6.20. The molecular formula is C16H25N3OS. The SMILES string of the molecule is Cc1cnccc1C(NN)C1CCOC2(CCSCC2)C1. The molecule has 0 aromatic carbocycles. The Bertz CT molecular complexity index is 471. The van der Waals surface area contributed by atoms with E-state index in [0.29, 0.717) is 5.92 Å². The maximum atomic E-state index is 6.20. The number of rotatable bonds is 3. The fourth-order valence-corrected chi connectivity index (χ4v) is 4.99. The Morgan fingerprint density at radius 3 is 3.00 bits per heavy atom. The largest absolute Gasteiger partial charge is 0.375 e. The molecule has 5 heteroatoms. The minimum atomic E-state index is 0.101. The van der Waals surface area contributed by atoms with E-state index in [1.54, 1.807) is 0 Å². The monoisotopic (exact) mass is 307 g/mol. The van der Waals surface area contributed by atoms with Crippen molar-refractivity contribution >= 4 is 11.8 Å². The number of pyridine rings is 1. The molecule has 0 radical (unpaired) electrons. The lowest BCUT2D eigenvalue weighted by Crippen LogP contribution is -2.46. The third-order valence-electron chi connectivity index (χ3n) is 4.98. The predicted molar refractivity (Wildman–Crippen MR) is 87.0 cm³/mol. The third-order valence-corrected chi connectivity index (χ3v) is 5.97. The van der Waals surface area contributed by atoms with Crippen LogP contribution in [0.25, 0.3) is 0 Å². The molecule has 0 saturated carbocycles. The normalized spacial score (nSPS) is 26.7. The van der Waals surface area contributed by atoms with E-state index in [0.717, 1.165) is 19.4 Å². The Kier molecular flexibility index (Phi) is 4.84. The summed E-state index contributed by atoms with van der Waals surface area (Å²) in [6, 6.07) is 2.29. The van der Waals surface area contributed by atoms with Crippen LogP contribution in [0.2, 0.25) is 0 Å². The topological polar surface area (TPSA) is 60.2 Å². The fourth-order valence-electron chi connectivity index (χ4n) is 3.75. The van der Waals surface area contributed by atoms with Gasteiger partial charge < -0.3 is 4.74 Å². The van der Waals surface area contributed by atoms with E-state index in [2.05, 4.69) is 23.4 Å². The Morgan fingerprint density at radius 1 is 1.48 bits per heavy atom. The number of ether oxygens (including phenoxy) is 1. The summed E-state index contributed by atoms with van der Waals surface area (Å²) in [4.78, 5) is 4.19. The molecule has 2 aliphatic rings. The molecule has 4 nitrogen and oxygen atoms in total. The van der Waals surface area contributed by atoms with Gasteiger partial charge in [-0.25, -0.2) is 0 Å². The predicted octanol–water partition coefficient (Wildman–Crippen LogP) is 2.59. The second-order valence-electron chi connectivity index (χ2n) is 6.27. The van der Waals surface area contributed by atoms with Crippen LogP contribution in [-0.2, 0) is 4.74 Å². The summed E-state index contributed by atoms with van der Waals surface area (Å²) in [6.45, 7) is 2.97. The smallest absolute Gasteiger partial charge is 0.0701 e. The van der Waals surface area contributed by atoms with E-state index in [1.165, 1.54) is 35.5 Å². The van der Waals surface area contributed by atoms with Crippen molar-refractivity contribution in [1.29, 1.82) is 0 Å². The van der Waals surface area contributed by atoms with Crippen molar-refractivity contribution in [3.8, 4) is 0 Å². The van der Waals surface area contributed by atoms with Crippen LogP contribution >= 0.6 is 11.8 Å². The molecule has 3 heterocycles. The zero-order chi connectivity index (χ0) is 14.7. The van der Waals surface area contributed by atoms with Gasteiger partial charge in [0.2, 0.25) is 0 Å². The van der Waals surface area contributed by atoms with E-state index in [-0.39, 0.29) is 11.6 Å². The minimum absolute atomic E-state index is 0.101. The number of nitrogens with zero attached hydrogens (tertiary/aromatic N) is 1. The molecule has 3 rings (SSSR count). The molecule has 2 fully saturated rings. The average Bonchev–Trinajstić information content (AvgIpc) is 2.51. The van der Waals surface area contributed by atoms with Gasteiger partial charge in [-0.05, 0) is 67.2 Å². The number of nitrogens with one attached hydrogen (secondary N) is 1. The molecule has 1 spiro atoms. The molecule has 0 bridgehead atoms. The second-order valence-corrected chi connectivity index (χ2v) is 7.50. The van der Waals surface area contributed by atoms with Crippen molar-refractivity contribution in [2.45, 2.75) is 44.2 Å². The molecule has 0 amide bonds. The van der Waals surface area contributed by atoms with Crippen LogP contribution in [0, 0.1) is 12.8 Å². The highest BCUT2D eigenvalue weighted by molar-refractivity contribution is 7.99. The fraction of sp³-hybridized carbons (Fsp3) is 0.688. The van der Waals surface area contributed by atoms with Gasteiger partial charge in [0.05, 0.1) is 5.60 Å². The van der Waals surface area contributed by atoms with Crippen LogP contribution in [0.1, 0.15) is 42.9 Å². The van der Waals surface area contributed by atoms with Crippen LogP contribution < -0.4 is 11.3 Å². The van der Waals surface area contributed by atoms with Gasteiger partial charge in [-0.2, -0.15) is 11.8 Å². The lowest BCUT2D eigenvalue weighted by atomic mass is 9.76. The minimum Gasteiger partial charge on any atom is -0.375 e. The lowest BCUT2D eigenvalue weighted by molar-refractivity contribution is -0.107. The zero-order valence-corrected chi connectivity index (χ0v) is 13.5. The molecule has 2 saturated heterocycles. The first-order valence-corrected chi connectivity index (χ1v) is 8.98. The van der Waals surface area contributed by atoms with Gasteiger partial charge in [-0.3, -0.25) is 16.3 Å². The molecular weight excluding hydrogens is 282 g/mol. The van der Waals surface area contributed by atoms with E-state index in [4.69, 9.17) is 10.6 Å². The van der Waals surface area contributed by atoms with Crippen LogP contribution in [-0.4, -0.2) is 28.7 Å². The number of aryl methyl sites for hydroxylation is 1. The first kappa shape index (κ1) is 15.3. The quantitative estimate of drug-likeness (QED) is 0.664. The van der Waals surface area contributed by atoms with Crippen molar-refractivity contribution < 1.29 is 4.74 Å². The zero-order valence-electron chi connectivity index (χ0n) is 12.7. The molecule has 1 aromatic rings. The van der Waals surface area contributed by atoms with Gasteiger partial charge in [-0.15, -0.1) is 0 Å². The molecule has 0 aliphatic carbocycles. The maximum absolute atomic E-state index is 6.20. The van der Waals surface area contributed by atoms with Crippen LogP contribution in [0.15, 0.2) is 18.5 Å². The van der Waals surface area contributed by atoms with Crippen molar-refractivity contribution in [1.82, 2.24) is 10.4 Å². The first-order chi connectivity index (χ1) is 10.2. The van der Waals surface area contributed by atoms with Gasteiger partial charge in [0.25, 0.3) is 0 Å². The summed E-state index contributed by atoms with van der Waals surface area (Å²) >= 11 is 2.05. The van der Waals surface area contributed by atoms with E-state index in [1.807, 2.05) is 24.2 Å². The van der Waals surface area contributed by atoms with Crippen molar-refractivity contribution in [2.24, 2.45) is 11.8 Å². The van der Waals surface area contributed by atoms with Crippen LogP contribution in [0.5, 0.6) is 0 Å². The number of hydrogen-bond acceptors (Lipinski definition) is 5. The summed E-state index contributed by atoms with van der Waals surface area (Å²) in [6.07, 6.45) is 8.34. The Morgan fingerprint density at radius 2 is 2.29 bits per heavy atom. The standard InChI is InChI=1S/C16H25N3OS/c1-12-11-18-6-2-14(12)15(19-17)13-3-7-20-16(10-13)4-8-21-9-5-16/h2,6,11,13,15,19H,3-5,7-10,17H2,1H3. The summed E-state index contributed by atoms with van der Waals surface area (Å²) in [7, 11) is 0. The molecule has 1 aromatic heterocycles. The lowest BCUT2D eigenvalue weighted by Gasteiger charge is -2.45. The average molecular weight is 307 g/mol. The summed E-state index contributed by atoms with van der Waals surface area (Å²) in [5, 5.41) is 0. The number of aromatic nitrogens is 1. The third kappa shape index (κ3) is 3.26. The van der Waals surface area contributed by atoms with Gasteiger partial charge in [-0.1, -0.05) is 0 Å². The molecule has 2 unspecified atom stereocenters. The second kappa shape index (κ2) is 6.65. The molecule has 2 aliphatic heterocycles. The van der Waals surface area contributed by atoms with Crippen LogP contribution in [0.4, 0.5) is 0 Å². The number of nitrogens with two attached hydrogens (primary N) is 1. The van der Waals surface area contributed by atoms with E-state index < -0.39 is 0 Å². The van der Waals surface area contributed by atoms with Crippen molar-refractivity contribution in [3.05, 3.63) is 29.6 Å². The van der Waals surface area contributed by atoms with Crippen LogP contribution in [0.3, 0.4) is 0 Å². The highest BCUT2D eigenvalue weighted by atomic mass is 32.2. The van der Waals surface area contributed by atoms with Crippen molar-refractivity contribution in [3.63, 3.8) is 0 Å². The van der Waals surface area contributed by atoms with Gasteiger partial charge in [0, 0.05) is 25.0 Å². The Labute approximate surface area is 131 Å². The Balaban J connectivity index is 1.79. The summed E-state index contributed by atoms with van der Waals surface area (Å²) in [5.74, 6) is 8.89. The van der Waals surface area contributed by atoms with Gasteiger partial charge >= 0.3 is 0 Å². The number of hydrazine groups is 1. The highest BCUT2D eigenvalue weighted by Gasteiger charge is 2.41. The summed E-state index contributed by atoms with van der Waals surface area (Å²) in [5.41, 5.74) is 5.65. The molecule has 3 N–H and O–H groups in total. The number of thioether (sulfide) groups is 1. The Hall–Kier alpha value is -0.620. The molecule has 2 atom stereocenters. The highest BCUT2D eigenvalue weighted by Crippen LogP contribution is 2.43. The molecule has 21 heavy (non-hydrogen) atoms. The van der Waals surface area contributed by atoms with Gasteiger partial charge in [0.15, 0.2) is 0 Å². The van der Waals surface area contributed by atoms with Gasteiger partial charge in [0.1, 0.15) is 0 Å². The number of hydrogen-bond donors (Lipinski definition) is 2. The van der Waals surface area contributed by atoms with Crippen molar-refractivity contribution in [2.75, 3.05) is 18.1 Å². The first-order valence-electron chi connectivity index (χ1n) is 7.82. The van der Waals surface area contributed by atoms with E-state index in [9.17, 15) is 0 Å². The molecule has 116 valence electrons.